The molecule has 1 saturated heterocycles. The molecule has 2 amide bonds. The molecule has 1 aliphatic carbocycles. The van der Waals surface area contributed by atoms with Crippen molar-refractivity contribution in [1.82, 2.24) is 9.80 Å². The molecule has 0 aromatic heterocycles. The monoisotopic (exact) mass is 390 g/mol. The first kappa shape index (κ1) is 20.6. The molecular weight excluding hydrogens is 359 g/mol. The third kappa shape index (κ3) is 4.15. The second-order valence-corrected chi connectivity index (χ2v) is 9.96. The molecule has 0 bridgehead atoms. The van der Waals surface area contributed by atoms with Crippen molar-refractivity contribution in [1.29, 1.82) is 0 Å². The Morgan fingerprint density at radius 1 is 1.11 bits per heavy atom. The van der Waals surface area contributed by atoms with Crippen LogP contribution in [0.4, 0.5) is 9.18 Å². The molecule has 3 rings (SSSR count). The van der Waals surface area contributed by atoms with Gasteiger partial charge in [-0.05, 0) is 65.2 Å². The van der Waals surface area contributed by atoms with E-state index in [1.807, 2.05) is 46.4 Å². The third-order valence-electron chi connectivity index (χ3n) is 5.66. The van der Waals surface area contributed by atoms with Crippen LogP contribution < -0.4 is 0 Å². The summed E-state index contributed by atoms with van der Waals surface area (Å²) in [6.07, 6.45) is 1.38. The van der Waals surface area contributed by atoms with Crippen LogP contribution in [0.25, 0.3) is 0 Å². The van der Waals surface area contributed by atoms with Gasteiger partial charge in [-0.15, -0.1) is 0 Å². The van der Waals surface area contributed by atoms with E-state index < -0.39 is 17.2 Å². The van der Waals surface area contributed by atoms with Crippen molar-refractivity contribution >= 4 is 12.0 Å². The maximum absolute atomic E-state index is 13.5. The van der Waals surface area contributed by atoms with E-state index in [1.165, 1.54) is 12.1 Å². The fraction of sp³-hybridized carbons (Fsp3) is 0.636. The highest BCUT2D eigenvalue weighted by atomic mass is 19.1. The van der Waals surface area contributed by atoms with Crippen molar-refractivity contribution in [3.05, 3.63) is 35.6 Å². The van der Waals surface area contributed by atoms with Crippen molar-refractivity contribution in [3.8, 4) is 0 Å². The van der Waals surface area contributed by atoms with Gasteiger partial charge in [0.15, 0.2) is 0 Å². The second kappa shape index (κ2) is 6.75. The molecule has 0 unspecified atom stereocenters. The second-order valence-electron chi connectivity index (χ2n) is 9.96. The molecule has 1 heterocycles. The van der Waals surface area contributed by atoms with Gasteiger partial charge in [-0.2, -0.15) is 0 Å². The Kier molecular flexibility index (Phi) is 4.97. The van der Waals surface area contributed by atoms with Gasteiger partial charge in [-0.3, -0.25) is 9.69 Å². The lowest BCUT2D eigenvalue weighted by Crippen LogP contribution is -2.64. The fourth-order valence-electron chi connectivity index (χ4n) is 3.70. The number of halogens is 1. The summed E-state index contributed by atoms with van der Waals surface area (Å²) >= 11 is 0. The van der Waals surface area contributed by atoms with E-state index in [2.05, 4.69) is 0 Å². The lowest BCUT2D eigenvalue weighted by molar-refractivity contribution is -0.148. The summed E-state index contributed by atoms with van der Waals surface area (Å²) in [6, 6.07) is 5.75. The molecule has 1 aromatic rings. The molecule has 28 heavy (non-hydrogen) atoms. The zero-order valence-corrected chi connectivity index (χ0v) is 17.7. The van der Waals surface area contributed by atoms with E-state index in [1.54, 1.807) is 17.0 Å². The molecular formula is C22H31FN2O3. The first-order valence-corrected chi connectivity index (χ1v) is 9.90. The van der Waals surface area contributed by atoms with E-state index in [0.717, 1.165) is 18.4 Å². The van der Waals surface area contributed by atoms with Crippen LogP contribution in [0.2, 0.25) is 0 Å². The average Bonchev–Trinajstić information content (AvgIpc) is 3.32. The van der Waals surface area contributed by atoms with Gasteiger partial charge in [0.1, 0.15) is 11.4 Å². The van der Waals surface area contributed by atoms with Crippen LogP contribution in [0, 0.1) is 11.2 Å². The summed E-state index contributed by atoms with van der Waals surface area (Å²) in [7, 11) is 0. The number of nitrogens with zero attached hydrogens (tertiary/aromatic N) is 2. The van der Waals surface area contributed by atoms with Gasteiger partial charge in [0.2, 0.25) is 5.91 Å². The number of rotatable bonds is 2. The van der Waals surface area contributed by atoms with Crippen LogP contribution in [0.3, 0.4) is 0 Å². The summed E-state index contributed by atoms with van der Waals surface area (Å²) in [5, 5.41) is 0. The largest absolute Gasteiger partial charge is 0.444 e. The lowest BCUT2D eigenvalue weighted by Gasteiger charge is -2.51. The average molecular weight is 390 g/mol. The predicted octanol–water partition coefficient (Wildman–Crippen LogP) is 4.52. The number of benzene rings is 1. The van der Waals surface area contributed by atoms with Gasteiger partial charge in [-0.25, -0.2) is 9.18 Å². The molecule has 0 spiro atoms. The summed E-state index contributed by atoms with van der Waals surface area (Å²) < 4.78 is 19.1. The molecule has 0 N–H and O–H groups in total. The Hall–Kier alpha value is -2.11. The topological polar surface area (TPSA) is 49.9 Å². The number of amides is 2. The normalized spacial score (nSPS) is 23.3. The van der Waals surface area contributed by atoms with Crippen molar-refractivity contribution in [3.63, 3.8) is 0 Å². The summed E-state index contributed by atoms with van der Waals surface area (Å²) in [4.78, 5) is 29.7. The van der Waals surface area contributed by atoms with Gasteiger partial charge < -0.3 is 9.64 Å². The Bertz CT molecular complexity index is 763. The first-order valence-electron chi connectivity index (χ1n) is 9.90. The predicted molar refractivity (Wildman–Crippen MR) is 105 cm³/mol. The summed E-state index contributed by atoms with van der Waals surface area (Å²) in [6.45, 7) is 12.2. The molecule has 0 radical (unpaired) electrons. The zero-order chi connectivity index (χ0) is 20.9. The highest BCUT2D eigenvalue weighted by molar-refractivity contribution is 5.86. The van der Waals surface area contributed by atoms with E-state index >= 15 is 0 Å². The molecule has 5 nitrogen and oxygen atoms in total. The van der Waals surface area contributed by atoms with Gasteiger partial charge in [-0.1, -0.05) is 19.1 Å². The minimum atomic E-state index is -0.622. The summed E-state index contributed by atoms with van der Waals surface area (Å²) in [5.41, 5.74) is -0.640. The molecule has 1 atom stereocenters. The van der Waals surface area contributed by atoms with Crippen LogP contribution >= 0.6 is 0 Å². The molecule has 2 aliphatic rings. The number of carbonyl (C=O) groups excluding carboxylic acids is 2. The van der Waals surface area contributed by atoms with Crippen LogP contribution in [0.1, 0.15) is 66.0 Å². The molecule has 1 aliphatic heterocycles. The molecule has 6 heteroatoms. The van der Waals surface area contributed by atoms with Crippen LogP contribution in [-0.2, 0) is 9.53 Å². The quantitative estimate of drug-likeness (QED) is 0.746. The molecule has 1 saturated carbocycles. The number of piperazine rings is 1. The Balaban J connectivity index is 1.95. The van der Waals surface area contributed by atoms with Crippen LogP contribution in [0.5, 0.6) is 0 Å². The van der Waals surface area contributed by atoms with Gasteiger partial charge in [0, 0.05) is 18.5 Å². The van der Waals surface area contributed by atoms with Gasteiger partial charge >= 0.3 is 6.09 Å². The van der Waals surface area contributed by atoms with Crippen molar-refractivity contribution in [2.45, 2.75) is 71.6 Å². The molecule has 1 aromatic carbocycles. The van der Waals surface area contributed by atoms with Gasteiger partial charge in [0.25, 0.3) is 0 Å². The lowest BCUT2D eigenvalue weighted by atomic mass is 9.90. The number of hydrogen-bond donors (Lipinski definition) is 0. The smallest absolute Gasteiger partial charge is 0.410 e. The highest BCUT2D eigenvalue weighted by Crippen LogP contribution is 2.48. The van der Waals surface area contributed by atoms with Crippen LogP contribution in [-0.4, -0.2) is 46.0 Å². The standard InChI is InChI=1S/C22H31FN2O3/c1-20(2,3)28-19(27)24-14-21(4,5)25(18(26)22(6)11-12-22)13-17(24)15-7-9-16(23)10-8-15/h7-10,17H,11-14H2,1-6H3/t17-/m0/s1. The van der Waals surface area contributed by atoms with Crippen molar-refractivity contribution in [2.75, 3.05) is 13.1 Å². The fourth-order valence-corrected chi connectivity index (χ4v) is 3.70. The van der Waals surface area contributed by atoms with E-state index in [0.29, 0.717) is 13.1 Å². The minimum absolute atomic E-state index is 0.133. The van der Waals surface area contributed by atoms with E-state index in [-0.39, 0.29) is 23.2 Å². The van der Waals surface area contributed by atoms with E-state index in [9.17, 15) is 14.0 Å². The number of carbonyl (C=O) groups is 2. The summed E-state index contributed by atoms with van der Waals surface area (Å²) in [5.74, 6) is -0.199. The van der Waals surface area contributed by atoms with E-state index in [4.69, 9.17) is 4.74 Å². The Morgan fingerprint density at radius 3 is 2.18 bits per heavy atom. The van der Waals surface area contributed by atoms with Gasteiger partial charge in [0.05, 0.1) is 11.6 Å². The minimum Gasteiger partial charge on any atom is -0.444 e. The Morgan fingerprint density at radius 2 is 1.68 bits per heavy atom. The Labute approximate surface area is 166 Å². The maximum atomic E-state index is 13.5. The zero-order valence-electron chi connectivity index (χ0n) is 17.7. The number of hydrogen-bond acceptors (Lipinski definition) is 3. The van der Waals surface area contributed by atoms with Crippen LogP contribution in [0.15, 0.2) is 24.3 Å². The van der Waals surface area contributed by atoms with Crippen molar-refractivity contribution < 1.29 is 18.7 Å². The highest BCUT2D eigenvalue weighted by Gasteiger charge is 2.53. The molecule has 154 valence electrons. The first-order chi connectivity index (χ1) is 12.8. The third-order valence-corrected chi connectivity index (χ3v) is 5.66. The van der Waals surface area contributed by atoms with Crippen molar-refractivity contribution in [2.24, 2.45) is 5.41 Å². The number of ether oxygens (including phenoxy) is 1. The SMILES string of the molecule is CC(C)(C)OC(=O)N1CC(C)(C)N(C(=O)C2(C)CC2)C[C@H]1c1ccc(F)cc1. The maximum Gasteiger partial charge on any atom is 0.410 e. The molecule has 2 fully saturated rings.